The minimum Gasteiger partial charge on any atom is -0.497 e. The third kappa shape index (κ3) is 4.92. The summed E-state index contributed by atoms with van der Waals surface area (Å²) in [6.07, 6.45) is 0. The van der Waals surface area contributed by atoms with Crippen molar-refractivity contribution in [3.8, 4) is 22.8 Å². The average molecular weight is 397 g/mol. The largest absolute Gasteiger partial charge is 0.497 e. The summed E-state index contributed by atoms with van der Waals surface area (Å²) in [6.45, 7) is 4.81. The Labute approximate surface area is 169 Å². The first kappa shape index (κ1) is 19.9. The number of amides is 1. The molecule has 0 aliphatic carbocycles. The van der Waals surface area contributed by atoms with E-state index < -0.39 is 0 Å². The van der Waals surface area contributed by atoms with Gasteiger partial charge in [-0.1, -0.05) is 43.8 Å². The van der Waals surface area contributed by atoms with Crippen molar-refractivity contribution in [1.29, 1.82) is 0 Å². The number of nitrogens with zero attached hydrogens (tertiary/aromatic N) is 3. The summed E-state index contributed by atoms with van der Waals surface area (Å²) >= 11 is 1.38. The third-order valence-corrected chi connectivity index (χ3v) is 4.96. The molecule has 0 unspecified atom stereocenters. The second-order valence-corrected chi connectivity index (χ2v) is 7.63. The van der Waals surface area contributed by atoms with E-state index in [9.17, 15) is 4.79 Å². The van der Waals surface area contributed by atoms with Gasteiger partial charge in [-0.25, -0.2) is 0 Å². The predicted octanol–water partition coefficient (Wildman–Crippen LogP) is 3.81. The van der Waals surface area contributed by atoms with E-state index >= 15 is 0 Å². The Morgan fingerprint density at radius 3 is 2.46 bits per heavy atom. The SMILES string of the molecule is COc1ccc(-c2nnc(SCC(=O)NCC(C)C)n2-c2ccccc2)cc1. The van der Waals surface area contributed by atoms with Gasteiger partial charge < -0.3 is 10.1 Å². The highest BCUT2D eigenvalue weighted by molar-refractivity contribution is 7.99. The molecule has 1 amide bonds. The molecule has 0 radical (unpaired) electrons. The minimum absolute atomic E-state index is 0.00712. The van der Waals surface area contributed by atoms with Crippen molar-refractivity contribution >= 4 is 17.7 Å². The number of hydrogen-bond acceptors (Lipinski definition) is 5. The molecule has 0 bridgehead atoms. The predicted molar refractivity (Wildman–Crippen MR) is 112 cm³/mol. The smallest absolute Gasteiger partial charge is 0.230 e. The lowest BCUT2D eigenvalue weighted by atomic mass is 10.2. The number of aromatic nitrogens is 3. The molecule has 3 aromatic rings. The number of methoxy groups -OCH3 is 1. The van der Waals surface area contributed by atoms with Crippen LogP contribution in [0.25, 0.3) is 17.1 Å². The summed E-state index contributed by atoms with van der Waals surface area (Å²) in [5.41, 5.74) is 1.87. The summed E-state index contributed by atoms with van der Waals surface area (Å²) in [5, 5.41) is 12.3. The molecule has 3 rings (SSSR count). The van der Waals surface area contributed by atoms with Crippen molar-refractivity contribution in [2.45, 2.75) is 19.0 Å². The van der Waals surface area contributed by atoms with Crippen molar-refractivity contribution in [3.63, 3.8) is 0 Å². The van der Waals surface area contributed by atoms with Crippen LogP contribution in [0.4, 0.5) is 0 Å². The molecule has 0 aliphatic heterocycles. The topological polar surface area (TPSA) is 69.0 Å². The van der Waals surface area contributed by atoms with Crippen LogP contribution in [0.5, 0.6) is 5.75 Å². The zero-order chi connectivity index (χ0) is 19.9. The molecule has 0 spiro atoms. The molecule has 0 saturated heterocycles. The molecule has 1 N–H and O–H groups in total. The van der Waals surface area contributed by atoms with Crippen LogP contribution in [0.15, 0.2) is 59.8 Å². The number of hydrogen-bond donors (Lipinski definition) is 1. The number of carbonyl (C=O) groups excluding carboxylic acids is 1. The molecule has 0 saturated carbocycles. The van der Waals surface area contributed by atoms with E-state index in [1.165, 1.54) is 11.8 Å². The lowest BCUT2D eigenvalue weighted by Crippen LogP contribution is -2.28. The normalized spacial score (nSPS) is 10.9. The first-order valence-corrected chi connectivity index (χ1v) is 10.1. The summed E-state index contributed by atoms with van der Waals surface area (Å²) in [5.74, 6) is 2.21. The van der Waals surface area contributed by atoms with E-state index in [1.807, 2.05) is 59.2 Å². The van der Waals surface area contributed by atoms with Gasteiger partial charge in [0.1, 0.15) is 5.75 Å². The van der Waals surface area contributed by atoms with Gasteiger partial charge in [-0.05, 0) is 42.3 Å². The van der Waals surface area contributed by atoms with Gasteiger partial charge >= 0.3 is 0 Å². The Morgan fingerprint density at radius 2 is 1.82 bits per heavy atom. The van der Waals surface area contributed by atoms with Gasteiger partial charge in [0, 0.05) is 17.8 Å². The average Bonchev–Trinajstić information content (AvgIpc) is 3.15. The summed E-state index contributed by atoms with van der Waals surface area (Å²) < 4.78 is 7.21. The van der Waals surface area contributed by atoms with Crippen LogP contribution in [0.1, 0.15) is 13.8 Å². The molecule has 0 aliphatic rings. The zero-order valence-electron chi connectivity index (χ0n) is 16.3. The molecule has 1 heterocycles. The van der Waals surface area contributed by atoms with Crippen LogP contribution in [0, 0.1) is 5.92 Å². The maximum absolute atomic E-state index is 12.1. The minimum atomic E-state index is -0.00712. The molecule has 146 valence electrons. The second-order valence-electron chi connectivity index (χ2n) is 6.69. The van der Waals surface area contributed by atoms with Gasteiger partial charge in [0.05, 0.1) is 12.9 Å². The molecule has 6 nitrogen and oxygen atoms in total. The van der Waals surface area contributed by atoms with E-state index in [0.29, 0.717) is 23.4 Å². The lowest BCUT2D eigenvalue weighted by Gasteiger charge is -2.11. The summed E-state index contributed by atoms with van der Waals surface area (Å²) in [7, 11) is 1.64. The molecule has 28 heavy (non-hydrogen) atoms. The number of para-hydroxylation sites is 1. The highest BCUT2D eigenvalue weighted by Gasteiger charge is 2.17. The van der Waals surface area contributed by atoms with Gasteiger partial charge in [0.25, 0.3) is 0 Å². The lowest BCUT2D eigenvalue weighted by molar-refractivity contribution is -0.118. The molecule has 2 aromatic carbocycles. The van der Waals surface area contributed by atoms with Crippen LogP contribution >= 0.6 is 11.8 Å². The number of ether oxygens (including phenoxy) is 1. The van der Waals surface area contributed by atoms with E-state index in [0.717, 1.165) is 22.8 Å². The Kier molecular flexibility index (Phi) is 6.71. The standard InChI is InChI=1S/C21H24N4O2S/c1-15(2)13-22-19(26)14-28-21-24-23-20(16-9-11-18(27-3)12-10-16)25(21)17-7-5-4-6-8-17/h4-12,15H,13-14H2,1-3H3,(H,22,26). The molecular formula is C21H24N4O2S. The summed E-state index contributed by atoms with van der Waals surface area (Å²) in [6, 6.07) is 17.6. The highest BCUT2D eigenvalue weighted by Crippen LogP contribution is 2.28. The Morgan fingerprint density at radius 1 is 1.11 bits per heavy atom. The van der Waals surface area contributed by atoms with E-state index in [4.69, 9.17) is 4.74 Å². The van der Waals surface area contributed by atoms with E-state index in [2.05, 4.69) is 29.4 Å². The maximum atomic E-state index is 12.1. The van der Waals surface area contributed by atoms with Crippen molar-refractivity contribution < 1.29 is 9.53 Å². The van der Waals surface area contributed by atoms with Crippen molar-refractivity contribution in [1.82, 2.24) is 20.1 Å². The van der Waals surface area contributed by atoms with Crippen molar-refractivity contribution in [2.75, 3.05) is 19.4 Å². The van der Waals surface area contributed by atoms with Gasteiger partial charge in [-0.2, -0.15) is 0 Å². The van der Waals surface area contributed by atoms with Crippen LogP contribution in [-0.2, 0) is 4.79 Å². The molecule has 1 aromatic heterocycles. The highest BCUT2D eigenvalue weighted by atomic mass is 32.2. The Hall–Kier alpha value is -2.80. The first-order chi connectivity index (χ1) is 13.6. The van der Waals surface area contributed by atoms with Crippen LogP contribution in [-0.4, -0.2) is 40.1 Å². The molecular weight excluding hydrogens is 372 g/mol. The molecule has 7 heteroatoms. The quantitative estimate of drug-likeness (QED) is 0.587. The third-order valence-electron chi connectivity index (χ3n) is 4.04. The van der Waals surface area contributed by atoms with Gasteiger partial charge in [-0.3, -0.25) is 9.36 Å². The maximum Gasteiger partial charge on any atom is 0.230 e. The number of benzene rings is 2. The van der Waals surface area contributed by atoms with E-state index in [1.54, 1.807) is 7.11 Å². The van der Waals surface area contributed by atoms with Gasteiger partial charge in [0.2, 0.25) is 5.91 Å². The monoisotopic (exact) mass is 396 g/mol. The van der Waals surface area contributed by atoms with E-state index in [-0.39, 0.29) is 5.91 Å². The van der Waals surface area contributed by atoms with Gasteiger partial charge in [-0.15, -0.1) is 10.2 Å². The fourth-order valence-corrected chi connectivity index (χ4v) is 3.38. The molecule has 0 atom stereocenters. The fraction of sp³-hybridized carbons (Fsp3) is 0.286. The van der Waals surface area contributed by atoms with Gasteiger partial charge in [0.15, 0.2) is 11.0 Å². The van der Waals surface area contributed by atoms with Crippen LogP contribution in [0.2, 0.25) is 0 Å². The number of carbonyl (C=O) groups is 1. The Balaban J connectivity index is 1.88. The molecule has 0 fully saturated rings. The number of nitrogens with one attached hydrogen (secondary N) is 1. The van der Waals surface area contributed by atoms with Crippen molar-refractivity contribution in [3.05, 3.63) is 54.6 Å². The Bertz CT molecular complexity index is 908. The number of thioether (sulfide) groups is 1. The van der Waals surface area contributed by atoms with Crippen molar-refractivity contribution in [2.24, 2.45) is 5.92 Å². The zero-order valence-corrected chi connectivity index (χ0v) is 17.1. The summed E-state index contributed by atoms with van der Waals surface area (Å²) in [4.78, 5) is 12.1. The van der Waals surface area contributed by atoms with Crippen LogP contribution in [0.3, 0.4) is 0 Å². The second kappa shape index (κ2) is 9.41. The number of rotatable bonds is 8. The fourth-order valence-electron chi connectivity index (χ4n) is 2.60. The first-order valence-electron chi connectivity index (χ1n) is 9.13. The van der Waals surface area contributed by atoms with Crippen LogP contribution < -0.4 is 10.1 Å².